The van der Waals surface area contributed by atoms with Gasteiger partial charge in [-0.05, 0) is 46.9 Å². The van der Waals surface area contributed by atoms with E-state index in [9.17, 15) is 14.3 Å². The lowest BCUT2D eigenvalue weighted by molar-refractivity contribution is -0.137. The fourth-order valence-corrected chi connectivity index (χ4v) is 6.25. The van der Waals surface area contributed by atoms with Gasteiger partial charge in [-0.15, -0.1) is 0 Å². The zero-order valence-corrected chi connectivity index (χ0v) is 18.4. The first-order valence-electron chi connectivity index (χ1n) is 10.7. The minimum absolute atomic E-state index is 0.0644. The lowest BCUT2D eigenvalue weighted by Gasteiger charge is -2.14. The Bertz CT molecular complexity index is 1320. The standard InChI is InChI=1S/C26H24FNO2S/c1-15(2)20-13-18(27)14-21-24(20)26(25-17(12-23(29)30)10-11-28(21)25)31-22-9-5-7-16-6-3-4-8-19(16)22/h3-9,13-15,17H,10-12H2,1-2H3,(H,29,30). The van der Waals surface area contributed by atoms with E-state index in [0.717, 1.165) is 44.9 Å². The summed E-state index contributed by atoms with van der Waals surface area (Å²) in [6, 6.07) is 17.8. The lowest BCUT2D eigenvalue weighted by Crippen LogP contribution is -2.04. The van der Waals surface area contributed by atoms with E-state index in [0.29, 0.717) is 0 Å². The van der Waals surface area contributed by atoms with Crippen LogP contribution in [-0.2, 0) is 11.3 Å². The second-order valence-electron chi connectivity index (χ2n) is 8.57. The summed E-state index contributed by atoms with van der Waals surface area (Å²) in [5.41, 5.74) is 2.91. The Hall–Kier alpha value is -2.79. The van der Waals surface area contributed by atoms with Crippen LogP contribution in [-0.4, -0.2) is 15.6 Å². The van der Waals surface area contributed by atoms with Crippen LogP contribution in [0.2, 0.25) is 0 Å². The number of nitrogens with zero attached hydrogens (tertiary/aromatic N) is 1. The number of hydrogen-bond acceptors (Lipinski definition) is 2. The van der Waals surface area contributed by atoms with Gasteiger partial charge in [0.05, 0.1) is 11.9 Å². The lowest BCUT2D eigenvalue weighted by atomic mass is 9.96. The third-order valence-electron chi connectivity index (χ3n) is 6.25. The zero-order valence-electron chi connectivity index (χ0n) is 17.6. The molecule has 0 bridgehead atoms. The van der Waals surface area contributed by atoms with Crippen molar-refractivity contribution in [3.05, 3.63) is 71.7 Å². The van der Waals surface area contributed by atoms with Crippen LogP contribution in [0.3, 0.4) is 0 Å². The van der Waals surface area contributed by atoms with E-state index < -0.39 is 5.97 Å². The molecule has 1 atom stereocenters. The normalized spacial score (nSPS) is 15.8. The monoisotopic (exact) mass is 433 g/mol. The van der Waals surface area contributed by atoms with Crippen LogP contribution in [0.5, 0.6) is 0 Å². The van der Waals surface area contributed by atoms with Gasteiger partial charge in [-0.1, -0.05) is 62.0 Å². The molecule has 1 aromatic heterocycles. The molecule has 0 saturated carbocycles. The minimum Gasteiger partial charge on any atom is -0.481 e. The third-order valence-corrected chi connectivity index (χ3v) is 7.44. The van der Waals surface area contributed by atoms with Crippen molar-refractivity contribution in [1.29, 1.82) is 0 Å². The van der Waals surface area contributed by atoms with E-state index >= 15 is 0 Å². The number of carbonyl (C=O) groups is 1. The largest absolute Gasteiger partial charge is 0.481 e. The van der Waals surface area contributed by atoms with Crippen molar-refractivity contribution in [2.24, 2.45) is 0 Å². The van der Waals surface area contributed by atoms with Gasteiger partial charge in [0.25, 0.3) is 0 Å². The molecule has 1 N–H and O–H groups in total. The summed E-state index contributed by atoms with van der Waals surface area (Å²) in [4.78, 5) is 13.8. The second-order valence-corrected chi connectivity index (χ2v) is 9.62. The Labute approximate surface area is 184 Å². The number of carboxylic acids is 1. The van der Waals surface area contributed by atoms with Crippen molar-refractivity contribution in [2.45, 2.75) is 54.9 Å². The Balaban J connectivity index is 1.79. The van der Waals surface area contributed by atoms with Crippen molar-refractivity contribution in [3.8, 4) is 0 Å². The first kappa shape index (κ1) is 20.1. The molecule has 0 aliphatic carbocycles. The molecule has 5 rings (SSSR count). The number of aryl methyl sites for hydroxylation is 1. The van der Waals surface area contributed by atoms with Crippen LogP contribution >= 0.6 is 11.8 Å². The van der Waals surface area contributed by atoms with E-state index in [2.05, 4.69) is 48.7 Å². The average Bonchev–Trinajstić information content (AvgIpc) is 3.27. The molecule has 3 nitrogen and oxygen atoms in total. The Morgan fingerprint density at radius 3 is 2.74 bits per heavy atom. The topological polar surface area (TPSA) is 42.2 Å². The third kappa shape index (κ3) is 3.41. The van der Waals surface area contributed by atoms with Crippen molar-refractivity contribution in [1.82, 2.24) is 4.57 Å². The highest BCUT2D eigenvalue weighted by molar-refractivity contribution is 7.99. The van der Waals surface area contributed by atoms with Gasteiger partial charge in [0.2, 0.25) is 0 Å². The maximum atomic E-state index is 14.6. The summed E-state index contributed by atoms with van der Waals surface area (Å²) in [6.45, 7) is 4.89. The first-order valence-corrected chi connectivity index (χ1v) is 11.5. The minimum atomic E-state index is -0.792. The summed E-state index contributed by atoms with van der Waals surface area (Å²) in [5, 5.41) is 12.9. The van der Waals surface area contributed by atoms with Crippen molar-refractivity contribution < 1.29 is 14.3 Å². The molecule has 0 amide bonds. The smallest absolute Gasteiger partial charge is 0.304 e. The molecular weight excluding hydrogens is 409 g/mol. The van der Waals surface area contributed by atoms with Crippen LogP contribution in [0.4, 0.5) is 4.39 Å². The number of carboxylic acid groups (broad SMARTS) is 1. The van der Waals surface area contributed by atoms with Crippen molar-refractivity contribution >= 4 is 39.4 Å². The van der Waals surface area contributed by atoms with Crippen LogP contribution in [0.1, 0.15) is 49.8 Å². The van der Waals surface area contributed by atoms with Gasteiger partial charge < -0.3 is 9.67 Å². The van der Waals surface area contributed by atoms with E-state index in [1.807, 2.05) is 12.1 Å². The van der Waals surface area contributed by atoms with Crippen LogP contribution in [0.15, 0.2) is 64.4 Å². The molecule has 0 saturated heterocycles. The summed E-state index contributed by atoms with van der Waals surface area (Å²) >= 11 is 1.69. The molecule has 1 aliphatic heterocycles. The highest BCUT2D eigenvalue weighted by Crippen LogP contribution is 2.49. The maximum Gasteiger partial charge on any atom is 0.304 e. The van der Waals surface area contributed by atoms with Gasteiger partial charge in [0.15, 0.2) is 0 Å². The van der Waals surface area contributed by atoms with Gasteiger partial charge in [0.1, 0.15) is 5.82 Å². The Morgan fingerprint density at radius 2 is 1.97 bits per heavy atom. The predicted octanol–water partition coefficient (Wildman–Crippen LogP) is 7.17. The van der Waals surface area contributed by atoms with Gasteiger partial charge >= 0.3 is 5.97 Å². The molecule has 158 valence electrons. The highest BCUT2D eigenvalue weighted by atomic mass is 32.2. The molecule has 0 spiro atoms. The molecule has 31 heavy (non-hydrogen) atoms. The number of aliphatic carboxylic acids is 1. The molecule has 0 fully saturated rings. The van der Waals surface area contributed by atoms with E-state index in [1.165, 1.54) is 10.8 Å². The fraction of sp³-hybridized carbons (Fsp3) is 0.269. The number of rotatable bonds is 5. The zero-order chi connectivity index (χ0) is 21.7. The summed E-state index contributed by atoms with van der Waals surface area (Å²) < 4.78 is 16.7. The molecule has 5 heteroatoms. The van der Waals surface area contributed by atoms with Crippen LogP contribution in [0, 0.1) is 5.82 Å². The number of hydrogen-bond donors (Lipinski definition) is 1. The number of halogens is 1. The number of aromatic nitrogens is 1. The van der Waals surface area contributed by atoms with Gasteiger partial charge in [-0.25, -0.2) is 4.39 Å². The fourth-order valence-electron chi connectivity index (χ4n) is 4.88. The average molecular weight is 434 g/mol. The maximum absolute atomic E-state index is 14.6. The Kier molecular flexibility index (Phi) is 5.01. The number of fused-ring (bicyclic) bond motifs is 4. The predicted molar refractivity (Wildman–Crippen MR) is 124 cm³/mol. The summed E-state index contributed by atoms with van der Waals surface area (Å²) in [5.74, 6) is -0.934. The van der Waals surface area contributed by atoms with Crippen molar-refractivity contribution in [3.63, 3.8) is 0 Å². The molecule has 1 aliphatic rings. The summed E-state index contributed by atoms with van der Waals surface area (Å²) in [7, 11) is 0. The second kappa shape index (κ2) is 7.72. The van der Waals surface area contributed by atoms with E-state index in [4.69, 9.17) is 0 Å². The molecule has 0 radical (unpaired) electrons. The highest BCUT2D eigenvalue weighted by Gasteiger charge is 2.33. The molecule has 1 unspecified atom stereocenters. The molecule has 3 aromatic carbocycles. The van der Waals surface area contributed by atoms with Crippen LogP contribution in [0.25, 0.3) is 21.7 Å². The van der Waals surface area contributed by atoms with E-state index in [1.54, 1.807) is 23.9 Å². The SMILES string of the molecule is CC(C)c1cc(F)cc2c1c(Sc1cccc3ccccc13)c1n2CCC1CC(=O)O. The molecule has 4 aromatic rings. The quantitative estimate of drug-likeness (QED) is 0.363. The first-order chi connectivity index (χ1) is 14.9. The molecule has 2 heterocycles. The van der Waals surface area contributed by atoms with Gasteiger partial charge in [0, 0.05) is 33.3 Å². The van der Waals surface area contributed by atoms with Crippen molar-refractivity contribution in [2.75, 3.05) is 0 Å². The summed E-state index contributed by atoms with van der Waals surface area (Å²) in [6.07, 6.45) is 0.868. The number of benzene rings is 3. The van der Waals surface area contributed by atoms with Gasteiger partial charge in [-0.3, -0.25) is 4.79 Å². The van der Waals surface area contributed by atoms with Crippen LogP contribution < -0.4 is 0 Å². The van der Waals surface area contributed by atoms with Gasteiger partial charge in [-0.2, -0.15) is 0 Å². The van der Waals surface area contributed by atoms with E-state index in [-0.39, 0.29) is 24.1 Å². The molecular formula is C26H24FNO2S. The Morgan fingerprint density at radius 1 is 1.19 bits per heavy atom.